The third-order valence-electron chi connectivity index (χ3n) is 4.69. The molecule has 2 aromatic carbocycles. The van der Waals surface area contributed by atoms with Gasteiger partial charge in [-0.3, -0.25) is 4.79 Å². The zero-order chi connectivity index (χ0) is 21.5. The van der Waals surface area contributed by atoms with Gasteiger partial charge < -0.3 is 18.9 Å². The molecule has 156 valence electrons. The molecule has 0 fully saturated rings. The van der Waals surface area contributed by atoms with Crippen LogP contribution in [0.5, 0.6) is 11.5 Å². The fourth-order valence-electron chi connectivity index (χ4n) is 2.79. The first-order valence-corrected chi connectivity index (χ1v) is 9.56. The fourth-order valence-corrected chi connectivity index (χ4v) is 2.79. The molecule has 7 nitrogen and oxygen atoms in total. The zero-order valence-corrected chi connectivity index (χ0v) is 17.4. The van der Waals surface area contributed by atoms with Gasteiger partial charge in [-0.15, -0.1) is 6.58 Å². The summed E-state index contributed by atoms with van der Waals surface area (Å²) in [4.78, 5) is 18.6. The van der Waals surface area contributed by atoms with Crippen LogP contribution in [0.15, 0.2) is 59.6 Å². The highest BCUT2D eigenvalue weighted by molar-refractivity contribution is 5.77. The highest BCUT2D eigenvalue weighted by Gasteiger charge is 2.18. The molecule has 1 amide bonds. The van der Waals surface area contributed by atoms with Gasteiger partial charge in [-0.2, -0.15) is 4.98 Å². The van der Waals surface area contributed by atoms with Crippen LogP contribution in [0.4, 0.5) is 0 Å². The number of carbonyl (C=O) groups excluding carboxylic acids is 1. The maximum Gasteiger partial charge on any atom is 0.261 e. The normalized spacial score (nSPS) is 10.5. The SMILES string of the molecule is C=CCN(Cc1nc(-c2ccc(OC)cc2)no1)C(=O)COc1ccc(C)c(C)c1. The zero-order valence-electron chi connectivity index (χ0n) is 17.4. The molecule has 0 aliphatic rings. The Morgan fingerprint density at radius 2 is 1.87 bits per heavy atom. The molecule has 0 bridgehead atoms. The number of carbonyl (C=O) groups is 1. The first kappa shape index (κ1) is 21.1. The number of methoxy groups -OCH3 is 1. The third-order valence-corrected chi connectivity index (χ3v) is 4.69. The van der Waals surface area contributed by atoms with Crippen molar-refractivity contribution in [2.45, 2.75) is 20.4 Å². The van der Waals surface area contributed by atoms with Gasteiger partial charge in [0.1, 0.15) is 18.0 Å². The Balaban J connectivity index is 1.64. The van der Waals surface area contributed by atoms with Gasteiger partial charge in [0.2, 0.25) is 11.7 Å². The van der Waals surface area contributed by atoms with Crippen molar-refractivity contribution in [1.29, 1.82) is 0 Å². The highest BCUT2D eigenvalue weighted by Crippen LogP contribution is 2.20. The standard InChI is InChI=1S/C23H25N3O4/c1-5-12-26(22(27)15-29-20-9-6-16(2)17(3)13-20)14-21-24-23(25-30-21)18-7-10-19(28-4)11-8-18/h5-11,13H,1,12,14-15H2,2-4H3. The van der Waals surface area contributed by atoms with E-state index in [2.05, 4.69) is 16.7 Å². The van der Waals surface area contributed by atoms with Crippen LogP contribution in [-0.4, -0.2) is 41.2 Å². The molecule has 0 saturated carbocycles. The van der Waals surface area contributed by atoms with Crippen molar-refractivity contribution in [2.75, 3.05) is 20.3 Å². The quantitative estimate of drug-likeness (QED) is 0.500. The molecule has 1 heterocycles. The van der Waals surface area contributed by atoms with Crippen LogP contribution in [0, 0.1) is 13.8 Å². The fraction of sp³-hybridized carbons (Fsp3) is 0.261. The average Bonchev–Trinajstić information content (AvgIpc) is 3.22. The lowest BCUT2D eigenvalue weighted by Gasteiger charge is -2.19. The van der Waals surface area contributed by atoms with E-state index in [0.717, 1.165) is 16.9 Å². The number of hydrogen-bond donors (Lipinski definition) is 0. The molecule has 0 unspecified atom stereocenters. The summed E-state index contributed by atoms with van der Waals surface area (Å²) in [6, 6.07) is 13.1. The van der Waals surface area contributed by atoms with E-state index >= 15 is 0 Å². The number of aromatic nitrogens is 2. The monoisotopic (exact) mass is 407 g/mol. The molecule has 1 aromatic heterocycles. The molecule has 0 spiro atoms. The van der Waals surface area contributed by atoms with Gasteiger partial charge in [0, 0.05) is 12.1 Å². The second-order valence-corrected chi connectivity index (χ2v) is 6.84. The lowest BCUT2D eigenvalue weighted by atomic mass is 10.1. The van der Waals surface area contributed by atoms with Crippen molar-refractivity contribution < 1.29 is 18.8 Å². The summed E-state index contributed by atoms with van der Waals surface area (Å²) >= 11 is 0. The predicted octanol–water partition coefficient (Wildman–Crippen LogP) is 3.96. The van der Waals surface area contributed by atoms with Crippen LogP contribution in [0.25, 0.3) is 11.4 Å². The molecule has 0 saturated heterocycles. The van der Waals surface area contributed by atoms with Crippen LogP contribution >= 0.6 is 0 Å². The topological polar surface area (TPSA) is 77.7 Å². The number of aryl methyl sites for hydroxylation is 2. The number of hydrogen-bond acceptors (Lipinski definition) is 6. The van der Waals surface area contributed by atoms with E-state index in [4.69, 9.17) is 14.0 Å². The summed E-state index contributed by atoms with van der Waals surface area (Å²) in [6.45, 7) is 8.18. The summed E-state index contributed by atoms with van der Waals surface area (Å²) in [5, 5.41) is 4.00. The second kappa shape index (κ2) is 9.73. The number of benzene rings is 2. The van der Waals surface area contributed by atoms with Gasteiger partial charge in [0.05, 0.1) is 7.11 Å². The van der Waals surface area contributed by atoms with Crippen LogP contribution in [0.2, 0.25) is 0 Å². The molecule has 3 aromatic rings. The van der Waals surface area contributed by atoms with Crippen molar-refractivity contribution in [2.24, 2.45) is 0 Å². The van der Waals surface area contributed by atoms with E-state index < -0.39 is 0 Å². The van der Waals surface area contributed by atoms with Gasteiger partial charge in [-0.25, -0.2) is 0 Å². The lowest BCUT2D eigenvalue weighted by molar-refractivity contribution is -0.133. The van der Waals surface area contributed by atoms with Crippen molar-refractivity contribution in [3.8, 4) is 22.9 Å². The van der Waals surface area contributed by atoms with E-state index in [1.54, 1.807) is 18.1 Å². The highest BCUT2D eigenvalue weighted by atomic mass is 16.5. The molecule has 0 radical (unpaired) electrons. The largest absolute Gasteiger partial charge is 0.497 e. The maximum atomic E-state index is 12.7. The molecule has 30 heavy (non-hydrogen) atoms. The Morgan fingerprint density at radius 1 is 1.13 bits per heavy atom. The van der Waals surface area contributed by atoms with Crippen molar-refractivity contribution in [3.05, 3.63) is 72.1 Å². The first-order valence-electron chi connectivity index (χ1n) is 9.56. The number of amides is 1. The van der Waals surface area contributed by atoms with E-state index in [-0.39, 0.29) is 19.1 Å². The summed E-state index contributed by atoms with van der Waals surface area (Å²) in [5.74, 6) is 1.99. The van der Waals surface area contributed by atoms with Gasteiger partial charge >= 0.3 is 0 Å². The summed E-state index contributed by atoms with van der Waals surface area (Å²) in [7, 11) is 1.61. The molecule has 0 N–H and O–H groups in total. The molecule has 0 aliphatic carbocycles. The average molecular weight is 407 g/mol. The smallest absolute Gasteiger partial charge is 0.261 e. The lowest BCUT2D eigenvalue weighted by Crippen LogP contribution is -2.34. The second-order valence-electron chi connectivity index (χ2n) is 6.84. The number of nitrogens with zero attached hydrogens (tertiary/aromatic N) is 3. The van der Waals surface area contributed by atoms with Crippen molar-refractivity contribution in [1.82, 2.24) is 15.0 Å². The van der Waals surface area contributed by atoms with Crippen molar-refractivity contribution in [3.63, 3.8) is 0 Å². The van der Waals surface area contributed by atoms with Crippen molar-refractivity contribution >= 4 is 5.91 Å². The molecule has 3 rings (SSSR count). The Morgan fingerprint density at radius 3 is 2.53 bits per heavy atom. The summed E-state index contributed by atoms with van der Waals surface area (Å²) in [6.07, 6.45) is 1.65. The third kappa shape index (κ3) is 5.26. The Kier molecular flexibility index (Phi) is 6.85. The van der Waals surface area contributed by atoms with Crippen LogP contribution in [-0.2, 0) is 11.3 Å². The Labute approximate surface area is 175 Å². The maximum absolute atomic E-state index is 12.7. The number of ether oxygens (including phenoxy) is 2. The minimum absolute atomic E-state index is 0.0875. The van der Waals surface area contributed by atoms with Crippen LogP contribution in [0.1, 0.15) is 17.0 Å². The predicted molar refractivity (Wildman–Crippen MR) is 113 cm³/mol. The minimum atomic E-state index is -0.197. The Bertz CT molecular complexity index is 1010. The van der Waals surface area contributed by atoms with E-state index in [1.165, 1.54) is 5.56 Å². The minimum Gasteiger partial charge on any atom is -0.497 e. The van der Waals surface area contributed by atoms with Gasteiger partial charge in [0.25, 0.3) is 5.91 Å². The van der Waals surface area contributed by atoms with E-state index in [1.807, 2.05) is 56.3 Å². The van der Waals surface area contributed by atoms with Gasteiger partial charge in [-0.05, 0) is 61.4 Å². The molecule has 0 atom stereocenters. The Hall–Kier alpha value is -3.61. The molecular formula is C23H25N3O4. The number of rotatable bonds is 9. The first-order chi connectivity index (χ1) is 14.5. The molecule has 0 aliphatic heterocycles. The summed E-state index contributed by atoms with van der Waals surface area (Å²) < 4.78 is 16.1. The molecule has 7 heteroatoms. The molecular weight excluding hydrogens is 382 g/mol. The van der Waals surface area contributed by atoms with E-state index in [9.17, 15) is 4.79 Å². The van der Waals surface area contributed by atoms with Crippen LogP contribution in [0.3, 0.4) is 0 Å². The summed E-state index contributed by atoms with van der Waals surface area (Å²) in [5.41, 5.74) is 3.08. The van der Waals surface area contributed by atoms with Gasteiger partial charge in [0.15, 0.2) is 6.61 Å². The van der Waals surface area contributed by atoms with Gasteiger partial charge in [-0.1, -0.05) is 17.3 Å². The van der Waals surface area contributed by atoms with Crippen LogP contribution < -0.4 is 9.47 Å². The van der Waals surface area contributed by atoms with E-state index in [0.29, 0.717) is 24.0 Å².